The van der Waals surface area contributed by atoms with Gasteiger partial charge in [-0.1, -0.05) is 19.4 Å². The molecule has 1 N–H and O–H groups in total. The third-order valence-corrected chi connectivity index (χ3v) is 4.42. The quantitative estimate of drug-likeness (QED) is 0.881. The molecule has 104 valence electrons. The highest BCUT2D eigenvalue weighted by Crippen LogP contribution is 2.26. The number of pyridine rings is 1. The van der Waals surface area contributed by atoms with Crippen molar-refractivity contribution in [1.29, 1.82) is 0 Å². The molecule has 2 heterocycles. The van der Waals surface area contributed by atoms with Gasteiger partial charge in [-0.05, 0) is 37.7 Å². The van der Waals surface area contributed by atoms with Crippen LogP contribution in [0.2, 0.25) is 0 Å². The topological polar surface area (TPSA) is 28.2 Å². The number of hydrogen-bond acceptors (Lipinski definition) is 3. The molecule has 1 aliphatic heterocycles. The normalized spacial score (nSPS) is 23.6. The molecule has 19 heavy (non-hydrogen) atoms. The van der Waals surface area contributed by atoms with Crippen LogP contribution >= 0.6 is 0 Å². The highest BCUT2D eigenvalue weighted by atomic mass is 15.2. The minimum Gasteiger partial charge on any atom is -0.356 e. The predicted molar refractivity (Wildman–Crippen MR) is 79.3 cm³/mol. The molecule has 1 aromatic heterocycles. The Balaban J connectivity index is 1.70. The molecule has 1 saturated heterocycles. The standard InChI is InChI=1S/C16H25N3/c1-2-13-5-4-10-19(12-13)16-14(6-3-9-17-16)11-18-15-7-8-15/h3,6,9,13,15,18H,2,4-5,7-8,10-12H2,1H3. The van der Waals surface area contributed by atoms with Crippen LogP contribution in [0.5, 0.6) is 0 Å². The van der Waals surface area contributed by atoms with E-state index in [2.05, 4.69) is 34.3 Å². The van der Waals surface area contributed by atoms with Crippen LogP contribution < -0.4 is 10.2 Å². The summed E-state index contributed by atoms with van der Waals surface area (Å²) in [4.78, 5) is 7.16. The van der Waals surface area contributed by atoms with Crippen molar-refractivity contribution in [2.45, 2.75) is 51.6 Å². The van der Waals surface area contributed by atoms with E-state index in [1.807, 2.05) is 6.20 Å². The van der Waals surface area contributed by atoms with Gasteiger partial charge in [0.05, 0.1) is 0 Å². The molecule has 0 aromatic carbocycles. The number of nitrogens with one attached hydrogen (secondary N) is 1. The van der Waals surface area contributed by atoms with E-state index in [1.165, 1.54) is 56.6 Å². The predicted octanol–water partition coefficient (Wildman–Crippen LogP) is 2.96. The van der Waals surface area contributed by atoms with Gasteiger partial charge < -0.3 is 10.2 Å². The second-order valence-corrected chi connectivity index (χ2v) is 6.00. The number of rotatable bonds is 5. The number of hydrogen-bond donors (Lipinski definition) is 1. The Morgan fingerprint density at radius 1 is 1.37 bits per heavy atom. The fourth-order valence-electron chi connectivity index (χ4n) is 2.99. The van der Waals surface area contributed by atoms with Crippen LogP contribution in [0, 0.1) is 5.92 Å². The van der Waals surface area contributed by atoms with Crippen LogP contribution in [0.25, 0.3) is 0 Å². The molecule has 1 unspecified atom stereocenters. The van der Waals surface area contributed by atoms with E-state index in [-0.39, 0.29) is 0 Å². The van der Waals surface area contributed by atoms with Gasteiger partial charge in [0.15, 0.2) is 0 Å². The lowest BCUT2D eigenvalue weighted by atomic mass is 9.95. The highest BCUT2D eigenvalue weighted by molar-refractivity contribution is 5.47. The summed E-state index contributed by atoms with van der Waals surface area (Å²) in [6.07, 6.45) is 8.61. The maximum absolute atomic E-state index is 4.66. The Kier molecular flexibility index (Phi) is 4.02. The van der Waals surface area contributed by atoms with Crippen LogP contribution in [0.15, 0.2) is 18.3 Å². The summed E-state index contributed by atoms with van der Waals surface area (Å²) < 4.78 is 0. The third-order valence-electron chi connectivity index (χ3n) is 4.42. The molecule has 1 saturated carbocycles. The molecule has 0 amide bonds. The van der Waals surface area contributed by atoms with Gasteiger partial charge >= 0.3 is 0 Å². The van der Waals surface area contributed by atoms with Gasteiger partial charge in [-0.25, -0.2) is 4.98 Å². The van der Waals surface area contributed by atoms with Gasteiger partial charge in [0.2, 0.25) is 0 Å². The molecular formula is C16H25N3. The summed E-state index contributed by atoms with van der Waals surface area (Å²) in [6.45, 7) is 5.64. The van der Waals surface area contributed by atoms with Gasteiger partial charge in [-0.2, -0.15) is 0 Å². The average molecular weight is 259 g/mol. The monoisotopic (exact) mass is 259 g/mol. The minimum atomic E-state index is 0.762. The first-order valence-corrected chi connectivity index (χ1v) is 7.79. The Labute approximate surface area is 116 Å². The Morgan fingerprint density at radius 3 is 3.05 bits per heavy atom. The van der Waals surface area contributed by atoms with Crippen molar-refractivity contribution in [3.63, 3.8) is 0 Å². The molecular weight excluding hydrogens is 234 g/mol. The van der Waals surface area contributed by atoms with Crippen molar-refractivity contribution in [2.24, 2.45) is 5.92 Å². The third kappa shape index (κ3) is 3.27. The SMILES string of the molecule is CCC1CCCN(c2ncccc2CNC2CC2)C1. The fourth-order valence-corrected chi connectivity index (χ4v) is 2.99. The number of aromatic nitrogens is 1. The zero-order valence-corrected chi connectivity index (χ0v) is 11.9. The highest BCUT2D eigenvalue weighted by Gasteiger charge is 2.23. The lowest BCUT2D eigenvalue weighted by molar-refractivity contribution is 0.402. The van der Waals surface area contributed by atoms with Crippen molar-refractivity contribution < 1.29 is 0 Å². The Morgan fingerprint density at radius 2 is 2.26 bits per heavy atom. The van der Waals surface area contributed by atoms with Gasteiger partial charge in [-0.3, -0.25) is 0 Å². The van der Waals surface area contributed by atoms with Crippen molar-refractivity contribution in [1.82, 2.24) is 10.3 Å². The molecule has 0 bridgehead atoms. The van der Waals surface area contributed by atoms with Crippen molar-refractivity contribution in [2.75, 3.05) is 18.0 Å². The van der Waals surface area contributed by atoms with E-state index in [9.17, 15) is 0 Å². The molecule has 2 fully saturated rings. The van der Waals surface area contributed by atoms with E-state index < -0.39 is 0 Å². The first kappa shape index (κ1) is 12.9. The van der Waals surface area contributed by atoms with E-state index in [1.54, 1.807) is 0 Å². The van der Waals surface area contributed by atoms with E-state index >= 15 is 0 Å². The maximum Gasteiger partial charge on any atom is 0.133 e. The van der Waals surface area contributed by atoms with Gasteiger partial charge in [-0.15, -0.1) is 0 Å². The molecule has 3 heteroatoms. The second kappa shape index (κ2) is 5.91. The molecule has 1 atom stereocenters. The van der Waals surface area contributed by atoms with E-state index in [4.69, 9.17) is 0 Å². The van der Waals surface area contributed by atoms with Gasteiger partial charge in [0.25, 0.3) is 0 Å². The minimum absolute atomic E-state index is 0.762. The van der Waals surface area contributed by atoms with Gasteiger partial charge in [0, 0.05) is 37.4 Å². The van der Waals surface area contributed by atoms with Crippen LogP contribution in [-0.4, -0.2) is 24.1 Å². The Bertz CT molecular complexity index is 414. The van der Waals surface area contributed by atoms with Crippen LogP contribution in [0.1, 0.15) is 44.6 Å². The summed E-state index contributed by atoms with van der Waals surface area (Å²) in [5, 5.41) is 3.61. The first-order chi connectivity index (χ1) is 9.36. The van der Waals surface area contributed by atoms with Crippen molar-refractivity contribution in [3.8, 4) is 0 Å². The number of anilines is 1. The zero-order chi connectivity index (χ0) is 13.1. The summed E-state index contributed by atoms with van der Waals surface area (Å²) >= 11 is 0. The molecule has 3 rings (SSSR count). The molecule has 1 aromatic rings. The summed E-state index contributed by atoms with van der Waals surface area (Å²) in [5.41, 5.74) is 1.37. The summed E-state index contributed by atoms with van der Waals surface area (Å²) in [7, 11) is 0. The number of nitrogens with zero attached hydrogens (tertiary/aromatic N) is 2. The largest absolute Gasteiger partial charge is 0.356 e. The zero-order valence-electron chi connectivity index (χ0n) is 11.9. The summed E-state index contributed by atoms with van der Waals surface area (Å²) in [5.74, 6) is 2.06. The lowest BCUT2D eigenvalue weighted by Gasteiger charge is -2.34. The molecule has 0 radical (unpaired) electrons. The molecule has 1 aliphatic carbocycles. The Hall–Kier alpha value is -1.09. The average Bonchev–Trinajstić information content (AvgIpc) is 3.30. The molecule has 3 nitrogen and oxygen atoms in total. The fraction of sp³-hybridized carbons (Fsp3) is 0.688. The molecule has 2 aliphatic rings. The summed E-state index contributed by atoms with van der Waals surface area (Å²) in [6, 6.07) is 5.06. The van der Waals surface area contributed by atoms with Crippen LogP contribution in [-0.2, 0) is 6.54 Å². The van der Waals surface area contributed by atoms with E-state index in [0.29, 0.717) is 0 Å². The van der Waals surface area contributed by atoms with Crippen molar-refractivity contribution >= 4 is 5.82 Å². The number of piperidine rings is 1. The first-order valence-electron chi connectivity index (χ1n) is 7.79. The van der Waals surface area contributed by atoms with Crippen molar-refractivity contribution in [3.05, 3.63) is 23.9 Å². The van der Waals surface area contributed by atoms with Crippen LogP contribution in [0.4, 0.5) is 5.82 Å². The maximum atomic E-state index is 4.66. The lowest BCUT2D eigenvalue weighted by Crippen LogP contribution is -2.36. The van der Waals surface area contributed by atoms with Gasteiger partial charge in [0.1, 0.15) is 5.82 Å². The van der Waals surface area contributed by atoms with Crippen LogP contribution in [0.3, 0.4) is 0 Å². The second-order valence-electron chi connectivity index (χ2n) is 6.00. The van der Waals surface area contributed by atoms with E-state index in [0.717, 1.165) is 18.5 Å². The smallest absolute Gasteiger partial charge is 0.133 e. The molecule has 0 spiro atoms.